The molecule has 1 heterocycles. The van der Waals surface area contributed by atoms with Crippen LogP contribution in [0.3, 0.4) is 0 Å². The average Bonchev–Trinajstić information content (AvgIpc) is 2.60. The van der Waals surface area contributed by atoms with Crippen molar-refractivity contribution in [2.24, 2.45) is 11.7 Å². The molecule has 4 N–H and O–H groups in total. The molecule has 2 aromatic rings. The van der Waals surface area contributed by atoms with Crippen molar-refractivity contribution in [2.45, 2.75) is 13.3 Å². The Kier molecular flexibility index (Phi) is 6.73. The molecule has 0 aliphatic heterocycles. The summed E-state index contributed by atoms with van der Waals surface area (Å²) in [4.78, 5) is 19.9. The predicted molar refractivity (Wildman–Crippen MR) is 104 cm³/mol. The molecule has 0 aliphatic carbocycles. The van der Waals surface area contributed by atoms with Gasteiger partial charge < -0.3 is 20.6 Å². The van der Waals surface area contributed by atoms with Crippen molar-refractivity contribution in [1.82, 2.24) is 9.97 Å². The number of nitrogens with two attached hydrogens (primary N) is 1. The van der Waals surface area contributed by atoms with Gasteiger partial charge in [0.2, 0.25) is 5.95 Å². The molecule has 2 rings (SSSR count). The molecule has 0 saturated carbocycles. The number of anilines is 3. The van der Waals surface area contributed by atoms with Crippen LogP contribution in [0.25, 0.3) is 0 Å². The number of amides is 1. The fourth-order valence-electron chi connectivity index (χ4n) is 2.15. The number of primary amides is 1. The molecule has 10 nitrogen and oxygen atoms in total. The van der Waals surface area contributed by atoms with E-state index in [2.05, 4.69) is 26.7 Å². The van der Waals surface area contributed by atoms with E-state index in [1.165, 1.54) is 18.3 Å². The number of benzene rings is 1. The third kappa shape index (κ3) is 6.40. The van der Waals surface area contributed by atoms with Crippen LogP contribution in [0.15, 0.2) is 30.5 Å². The first-order chi connectivity index (χ1) is 13.2. The molecule has 1 unspecified atom stereocenters. The molecule has 11 heteroatoms. The van der Waals surface area contributed by atoms with Crippen molar-refractivity contribution in [3.05, 3.63) is 36.0 Å². The zero-order chi connectivity index (χ0) is 20.7. The summed E-state index contributed by atoms with van der Waals surface area (Å²) in [6.45, 7) is 2.32. The number of nitrogens with one attached hydrogen (secondary N) is 2. The zero-order valence-corrected chi connectivity index (χ0v) is 16.2. The third-order valence-electron chi connectivity index (χ3n) is 3.47. The summed E-state index contributed by atoms with van der Waals surface area (Å²) >= 11 is 0. The number of rotatable bonds is 9. The van der Waals surface area contributed by atoms with E-state index in [-0.39, 0.29) is 29.0 Å². The van der Waals surface area contributed by atoms with Crippen molar-refractivity contribution in [3.8, 4) is 11.8 Å². The average molecular weight is 404 g/mol. The van der Waals surface area contributed by atoms with E-state index in [9.17, 15) is 13.2 Å². The van der Waals surface area contributed by atoms with Gasteiger partial charge >= 0.3 is 10.1 Å². The molecule has 1 atom stereocenters. The number of nitriles is 1. The quantitative estimate of drug-likeness (QED) is 0.527. The van der Waals surface area contributed by atoms with E-state index >= 15 is 0 Å². The van der Waals surface area contributed by atoms with Crippen LogP contribution >= 0.6 is 0 Å². The Morgan fingerprint density at radius 1 is 1.36 bits per heavy atom. The van der Waals surface area contributed by atoms with Gasteiger partial charge in [-0.25, -0.2) is 4.98 Å². The van der Waals surface area contributed by atoms with E-state index in [4.69, 9.17) is 15.2 Å². The van der Waals surface area contributed by atoms with Crippen LogP contribution in [0.5, 0.6) is 5.75 Å². The highest BCUT2D eigenvalue weighted by atomic mass is 32.2. The Labute approximate surface area is 162 Å². The molecule has 0 spiro atoms. The van der Waals surface area contributed by atoms with Gasteiger partial charge in [-0.2, -0.15) is 18.7 Å². The molecule has 1 aromatic heterocycles. The van der Waals surface area contributed by atoms with Crippen LogP contribution in [-0.4, -0.2) is 37.1 Å². The zero-order valence-electron chi connectivity index (χ0n) is 15.3. The molecule has 0 fully saturated rings. The van der Waals surface area contributed by atoms with Gasteiger partial charge in [0.15, 0.2) is 0 Å². The van der Waals surface area contributed by atoms with E-state index in [1.54, 1.807) is 12.1 Å². The number of carbonyl (C=O) groups excluding carboxylic acids is 1. The van der Waals surface area contributed by atoms with Crippen molar-refractivity contribution in [2.75, 3.05) is 23.4 Å². The largest absolute Gasteiger partial charge is 0.383 e. The highest BCUT2D eigenvalue weighted by Gasteiger charge is 2.13. The van der Waals surface area contributed by atoms with Crippen LogP contribution in [0.1, 0.15) is 23.7 Å². The van der Waals surface area contributed by atoms with Gasteiger partial charge in [-0.1, -0.05) is 6.92 Å². The number of nitrogens with zero attached hydrogens (tertiary/aromatic N) is 3. The Balaban J connectivity index is 2.16. The predicted octanol–water partition coefficient (Wildman–Crippen LogP) is 1.62. The van der Waals surface area contributed by atoms with Crippen molar-refractivity contribution in [1.29, 1.82) is 5.26 Å². The monoisotopic (exact) mass is 404 g/mol. The molecule has 28 heavy (non-hydrogen) atoms. The van der Waals surface area contributed by atoms with E-state index in [0.29, 0.717) is 18.7 Å². The van der Waals surface area contributed by atoms with E-state index < -0.39 is 16.0 Å². The molecule has 0 saturated heterocycles. The van der Waals surface area contributed by atoms with Gasteiger partial charge in [-0.05, 0) is 30.2 Å². The van der Waals surface area contributed by atoms with E-state index in [0.717, 1.165) is 6.26 Å². The SMILES string of the molecule is CC(CC#N)CNc1nc(Nc2ccc(OS(C)(=O)=O)cc2)ncc1C(N)=O. The lowest BCUT2D eigenvalue weighted by atomic mass is 10.1. The van der Waals surface area contributed by atoms with E-state index in [1.807, 2.05) is 6.92 Å². The summed E-state index contributed by atoms with van der Waals surface area (Å²) in [6, 6.07) is 8.21. The summed E-state index contributed by atoms with van der Waals surface area (Å²) in [5.74, 6) is 0.0136. The molecule has 1 aromatic carbocycles. The molecule has 0 bridgehead atoms. The first-order valence-electron chi connectivity index (χ1n) is 8.22. The summed E-state index contributed by atoms with van der Waals surface area (Å²) in [6.07, 6.45) is 2.62. The molecule has 0 radical (unpaired) electrons. The van der Waals surface area contributed by atoms with Gasteiger partial charge in [-0.3, -0.25) is 4.79 Å². The van der Waals surface area contributed by atoms with Crippen molar-refractivity contribution in [3.63, 3.8) is 0 Å². The number of aromatic nitrogens is 2. The van der Waals surface area contributed by atoms with Gasteiger partial charge in [0, 0.05) is 24.8 Å². The highest BCUT2D eigenvalue weighted by molar-refractivity contribution is 7.86. The first-order valence-corrected chi connectivity index (χ1v) is 10.0. The maximum absolute atomic E-state index is 11.6. The van der Waals surface area contributed by atoms with Crippen LogP contribution in [0.4, 0.5) is 17.5 Å². The normalized spacial score (nSPS) is 11.9. The maximum atomic E-state index is 11.6. The second-order valence-corrected chi connectivity index (χ2v) is 7.68. The number of hydrogen-bond acceptors (Lipinski definition) is 9. The number of hydrogen-bond donors (Lipinski definition) is 3. The molecule has 148 valence electrons. The lowest BCUT2D eigenvalue weighted by molar-refractivity contribution is 0.100. The molecule has 1 amide bonds. The Morgan fingerprint density at radius 3 is 2.61 bits per heavy atom. The lowest BCUT2D eigenvalue weighted by Gasteiger charge is -2.13. The molecular weight excluding hydrogens is 384 g/mol. The standard InChI is InChI=1S/C17H20N6O4S/c1-11(7-8-18)9-20-16-14(15(19)24)10-21-17(23-16)22-12-3-5-13(6-4-12)27-28(2,25)26/h3-6,10-11H,7,9H2,1-2H3,(H2,19,24)(H2,20,21,22,23). The maximum Gasteiger partial charge on any atom is 0.306 e. The minimum atomic E-state index is -3.60. The van der Waals surface area contributed by atoms with Crippen molar-refractivity contribution >= 4 is 33.5 Å². The third-order valence-corrected chi connectivity index (χ3v) is 3.97. The molecule has 0 aliphatic rings. The second kappa shape index (κ2) is 9.01. The molecular formula is C17H20N6O4S. The minimum absolute atomic E-state index is 0.0551. The number of carbonyl (C=O) groups is 1. The smallest absolute Gasteiger partial charge is 0.306 e. The summed E-state index contributed by atoms with van der Waals surface area (Å²) in [5.41, 5.74) is 6.07. The fraction of sp³-hybridized carbons (Fsp3) is 0.294. The van der Waals surface area contributed by atoms with Crippen molar-refractivity contribution < 1.29 is 17.4 Å². The van der Waals surface area contributed by atoms with Gasteiger partial charge in [0.25, 0.3) is 5.91 Å². The van der Waals surface area contributed by atoms with Crippen LogP contribution in [0, 0.1) is 17.2 Å². The van der Waals surface area contributed by atoms with Crippen LogP contribution < -0.4 is 20.6 Å². The fourth-order valence-corrected chi connectivity index (χ4v) is 2.61. The Morgan fingerprint density at radius 2 is 2.04 bits per heavy atom. The minimum Gasteiger partial charge on any atom is -0.383 e. The van der Waals surface area contributed by atoms with Gasteiger partial charge in [-0.15, -0.1) is 0 Å². The highest BCUT2D eigenvalue weighted by Crippen LogP contribution is 2.21. The summed E-state index contributed by atoms with van der Waals surface area (Å²) in [7, 11) is -3.60. The van der Waals surface area contributed by atoms with Gasteiger partial charge in [0.05, 0.1) is 17.9 Å². The lowest BCUT2D eigenvalue weighted by Crippen LogP contribution is -2.19. The second-order valence-electron chi connectivity index (χ2n) is 6.11. The van der Waals surface area contributed by atoms with Crippen LogP contribution in [0.2, 0.25) is 0 Å². The first kappa shape index (κ1) is 20.9. The van der Waals surface area contributed by atoms with Gasteiger partial charge in [0.1, 0.15) is 11.6 Å². The topological polar surface area (TPSA) is 160 Å². The Bertz CT molecular complexity index is 986. The Hall–Kier alpha value is -3.39. The summed E-state index contributed by atoms with van der Waals surface area (Å²) < 4.78 is 27.0. The summed E-state index contributed by atoms with van der Waals surface area (Å²) in [5, 5.41) is 14.7. The van der Waals surface area contributed by atoms with Crippen LogP contribution in [-0.2, 0) is 10.1 Å².